The van der Waals surface area contributed by atoms with Crippen molar-refractivity contribution < 1.29 is 70.0 Å². The largest absolute Gasteiger partial charge is 0.394 e. The second-order valence-corrected chi connectivity index (χ2v) is 20.2. The maximum atomic E-state index is 12.9. The van der Waals surface area contributed by atoms with Gasteiger partial charge in [-0.25, -0.2) is 0 Å². The molecule has 6 rings (SSSR count). The Bertz CT molecular complexity index is 1420. The van der Waals surface area contributed by atoms with Gasteiger partial charge in [-0.05, 0) is 107 Å². The molecule has 6 aliphatic rings. The van der Waals surface area contributed by atoms with Gasteiger partial charge in [-0.3, -0.25) is 0 Å². The van der Waals surface area contributed by atoms with E-state index in [1.165, 1.54) is 5.57 Å². The Morgan fingerprint density at radius 2 is 1.36 bits per heavy atom. The van der Waals surface area contributed by atoms with Crippen LogP contribution in [-0.2, 0) is 18.9 Å². The Morgan fingerprint density at radius 3 is 1.96 bits per heavy atom. The minimum atomic E-state index is -1.77. The van der Waals surface area contributed by atoms with Crippen LogP contribution in [0.15, 0.2) is 11.6 Å². The Kier molecular flexibility index (Phi) is 12.4. The lowest BCUT2D eigenvalue weighted by Gasteiger charge is -2.72. The van der Waals surface area contributed by atoms with Gasteiger partial charge in [0.05, 0.1) is 31.0 Å². The number of ether oxygens (including phenoxy) is 4. The van der Waals surface area contributed by atoms with Crippen molar-refractivity contribution in [1.29, 1.82) is 0 Å². The van der Waals surface area contributed by atoms with Crippen LogP contribution in [0.3, 0.4) is 0 Å². The summed E-state index contributed by atoms with van der Waals surface area (Å²) in [5.41, 5.74) is -3.22. The molecule has 0 aromatic heterocycles. The van der Waals surface area contributed by atoms with Gasteiger partial charge in [0.25, 0.3) is 0 Å². The molecule has 324 valence electrons. The summed E-state index contributed by atoms with van der Waals surface area (Å²) in [6, 6.07) is 0. The standard InChI is InChI=1S/C42H72O14/c1-21(2)10-9-14-40(7,51)25-12-17-41(8)39(6)16-11-24-37(3,4)28(13-15-38(24,5)26(39)18-27(45)42(25,41)52)55-36-34(32(49)30(47)23(20-44)54-36)56-35-33(50)31(48)29(46)22(19-43)53-35/h10,22-36,43-52H,9,11-20H2,1-8H3/t22-,23-,24+,25-,26-,27-,28+,29-,30-,31+,32+,33-,34-,35+,36+,38+,39-,40+,41+,42-/m1/s1. The molecule has 0 aromatic carbocycles. The highest BCUT2D eigenvalue weighted by atomic mass is 16.8. The summed E-state index contributed by atoms with van der Waals surface area (Å²) in [6.07, 6.45) is -8.93. The molecule has 2 heterocycles. The third-order valence-electron chi connectivity index (χ3n) is 16.8. The van der Waals surface area contributed by atoms with Crippen LogP contribution in [0.1, 0.15) is 113 Å². The normalized spacial score (nSPS) is 52.6. The Hall–Kier alpha value is -0.820. The topological polar surface area (TPSA) is 239 Å². The van der Waals surface area contributed by atoms with Gasteiger partial charge in [0, 0.05) is 11.3 Å². The summed E-state index contributed by atoms with van der Waals surface area (Å²) in [7, 11) is 0. The molecule has 20 atom stereocenters. The fraction of sp³-hybridized carbons (Fsp3) is 0.952. The number of hydrogen-bond donors (Lipinski definition) is 10. The van der Waals surface area contributed by atoms with Crippen molar-refractivity contribution in [1.82, 2.24) is 0 Å². The zero-order chi connectivity index (χ0) is 41.6. The summed E-state index contributed by atoms with van der Waals surface area (Å²) in [6.45, 7) is 15.6. The summed E-state index contributed by atoms with van der Waals surface area (Å²) in [5, 5.41) is 110. The Morgan fingerprint density at radius 1 is 0.750 bits per heavy atom. The predicted octanol–water partition coefficient (Wildman–Crippen LogP) is 1.26. The van der Waals surface area contributed by atoms with E-state index in [1.807, 2.05) is 20.8 Å². The van der Waals surface area contributed by atoms with E-state index >= 15 is 0 Å². The van der Waals surface area contributed by atoms with Crippen molar-refractivity contribution in [2.75, 3.05) is 13.2 Å². The van der Waals surface area contributed by atoms with E-state index in [4.69, 9.17) is 18.9 Å². The van der Waals surface area contributed by atoms with Gasteiger partial charge in [-0.15, -0.1) is 0 Å². The minimum Gasteiger partial charge on any atom is -0.394 e. The van der Waals surface area contributed by atoms with E-state index in [0.29, 0.717) is 38.5 Å². The molecule has 4 aliphatic carbocycles. The molecule has 0 spiro atoms. The molecule has 6 fully saturated rings. The van der Waals surface area contributed by atoms with Crippen LogP contribution in [0.4, 0.5) is 0 Å². The van der Waals surface area contributed by atoms with Crippen molar-refractivity contribution >= 4 is 0 Å². The third kappa shape index (κ3) is 6.78. The molecule has 0 bridgehead atoms. The van der Waals surface area contributed by atoms with Crippen molar-refractivity contribution in [3.05, 3.63) is 11.6 Å². The highest BCUT2D eigenvalue weighted by Crippen LogP contribution is 2.77. The quantitative estimate of drug-likeness (QED) is 0.111. The molecule has 10 N–H and O–H groups in total. The second kappa shape index (κ2) is 15.6. The number of allylic oxidation sites excluding steroid dienone is 2. The number of fused-ring (bicyclic) bond motifs is 5. The maximum absolute atomic E-state index is 12.9. The third-order valence-corrected chi connectivity index (χ3v) is 16.8. The molecule has 14 heteroatoms. The zero-order valence-electron chi connectivity index (χ0n) is 34.6. The van der Waals surface area contributed by atoms with Crippen molar-refractivity contribution in [2.24, 2.45) is 39.4 Å². The minimum absolute atomic E-state index is 0.0487. The van der Waals surface area contributed by atoms with Crippen LogP contribution in [0.2, 0.25) is 0 Å². The van der Waals surface area contributed by atoms with Crippen LogP contribution in [0.5, 0.6) is 0 Å². The first-order chi connectivity index (χ1) is 26.0. The van der Waals surface area contributed by atoms with Crippen molar-refractivity contribution in [3.63, 3.8) is 0 Å². The molecule has 2 aliphatic heterocycles. The Labute approximate surface area is 331 Å². The number of aliphatic hydroxyl groups excluding tert-OH is 8. The fourth-order valence-corrected chi connectivity index (χ4v) is 13.4. The zero-order valence-corrected chi connectivity index (χ0v) is 34.6. The molecular formula is C42H72O14. The van der Waals surface area contributed by atoms with Crippen LogP contribution < -0.4 is 0 Å². The van der Waals surface area contributed by atoms with Gasteiger partial charge in [-0.2, -0.15) is 0 Å². The lowest BCUT2D eigenvalue weighted by Crippen LogP contribution is -2.73. The fourth-order valence-electron chi connectivity index (χ4n) is 13.4. The molecule has 56 heavy (non-hydrogen) atoms. The van der Waals surface area contributed by atoms with Crippen LogP contribution in [0.25, 0.3) is 0 Å². The molecule has 0 unspecified atom stereocenters. The summed E-state index contributed by atoms with van der Waals surface area (Å²) in [4.78, 5) is 0. The van der Waals surface area contributed by atoms with E-state index in [-0.39, 0.29) is 22.7 Å². The van der Waals surface area contributed by atoms with Crippen LogP contribution in [0, 0.1) is 39.4 Å². The highest BCUT2D eigenvalue weighted by molar-refractivity contribution is 5.26. The van der Waals surface area contributed by atoms with E-state index < -0.39 is 115 Å². The van der Waals surface area contributed by atoms with Crippen molar-refractivity contribution in [2.45, 2.75) is 198 Å². The predicted molar refractivity (Wildman–Crippen MR) is 202 cm³/mol. The average Bonchev–Trinajstić information content (AvgIpc) is 3.43. The Balaban J connectivity index is 1.24. The molecule has 2 saturated heterocycles. The molecule has 4 saturated carbocycles. The number of aliphatic hydroxyl groups is 10. The second-order valence-electron chi connectivity index (χ2n) is 20.2. The molecule has 0 aromatic rings. The van der Waals surface area contributed by atoms with E-state index in [0.717, 1.165) is 19.3 Å². The van der Waals surface area contributed by atoms with Gasteiger partial charge in [0.15, 0.2) is 12.6 Å². The lowest BCUT2D eigenvalue weighted by molar-refractivity contribution is -0.379. The number of hydrogen-bond acceptors (Lipinski definition) is 14. The van der Waals surface area contributed by atoms with Gasteiger partial charge in [0.2, 0.25) is 0 Å². The van der Waals surface area contributed by atoms with E-state index in [9.17, 15) is 51.1 Å². The highest BCUT2D eigenvalue weighted by Gasteiger charge is 2.77. The van der Waals surface area contributed by atoms with Crippen LogP contribution >= 0.6 is 0 Å². The summed E-state index contributed by atoms with van der Waals surface area (Å²) >= 11 is 0. The van der Waals surface area contributed by atoms with Gasteiger partial charge in [0.1, 0.15) is 54.4 Å². The molecule has 0 radical (unpaired) electrons. The summed E-state index contributed by atoms with van der Waals surface area (Å²) < 4.78 is 24.3. The molecular weight excluding hydrogens is 728 g/mol. The number of rotatable bonds is 10. The van der Waals surface area contributed by atoms with Crippen molar-refractivity contribution in [3.8, 4) is 0 Å². The first kappa shape index (κ1) is 44.7. The maximum Gasteiger partial charge on any atom is 0.187 e. The first-order valence-electron chi connectivity index (χ1n) is 21.0. The SMILES string of the molecule is CC(C)=CCC[C@](C)(O)[C@H]1CC[C@]2(C)[C@]1(O)[C@H](O)C[C@@H]1[C@@]3(C)CC[C@H](O[C@@H]4O[C@H](CO)[C@@H](O)[C@H](O)[C@H]4O[C@@H]4O[C@H](CO)[C@@H](O)[C@H](O)[C@H]4O)C(C)(C)[C@@H]3CC[C@]12C. The van der Waals surface area contributed by atoms with E-state index in [1.54, 1.807) is 0 Å². The van der Waals surface area contributed by atoms with Gasteiger partial charge < -0.3 is 70.0 Å². The lowest BCUT2D eigenvalue weighted by atomic mass is 9.34. The van der Waals surface area contributed by atoms with Gasteiger partial charge >= 0.3 is 0 Å². The smallest absolute Gasteiger partial charge is 0.187 e. The average molecular weight is 801 g/mol. The van der Waals surface area contributed by atoms with Gasteiger partial charge in [-0.1, -0.05) is 46.3 Å². The monoisotopic (exact) mass is 800 g/mol. The van der Waals surface area contributed by atoms with Crippen LogP contribution in [-0.4, -0.2) is 149 Å². The molecule has 14 nitrogen and oxygen atoms in total. The molecule has 0 amide bonds. The first-order valence-corrected chi connectivity index (χ1v) is 21.0. The summed E-state index contributed by atoms with van der Waals surface area (Å²) in [5.74, 6) is -0.335. The van der Waals surface area contributed by atoms with E-state index in [2.05, 4.69) is 40.7 Å².